The number of hydrogen-bond acceptors (Lipinski definition) is 3. The molecule has 0 aliphatic carbocycles. The Morgan fingerprint density at radius 1 is 1.38 bits per heavy atom. The smallest absolute Gasteiger partial charge is 0.341 e. The summed E-state index contributed by atoms with van der Waals surface area (Å²) in [5.41, 5.74) is 1.22. The van der Waals surface area contributed by atoms with Crippen LogP contribution in [0, 0.1) is 6.92 Å². The largest absolute Gasteiger partial charge is 0.490 e. The van der Waals surface area contributed by atoms with Gasteiger partial charge in [-0.1, -0.05) is 11.6 Å². The molecule has 0 N–H and O–H groups in total. The fraction of sp³-hybridized carbons (Fsp3) is 0.417. The Bertz CT molecular complexity index is 399. The van der Waals surface area contributed by atoms with Gasteiger partial charge in [0.15, 0.2) is 0 Å². The van der Waals surface area contributed by atoms with Crippen molar-refractivity contribution < 1.29 is 14.3 Å². The van der Waals surface area contributed by atoms with Crippen LogP contribution in [0.15, 0.2) is 12.1 Å². The van der Waals surface area contributed by atoms with Gasteiger partial charge in [0.25, 0.3) is 0 Å². The van der Waals surface area contributed by atoms with Crippen LogP contribution in [0.3, 0.4) is 0 Å². The third kappa shape index (κ3) is 2.89. The summed E-state index contributed by atoms with van der Waals surface area (Å²) in [6.45, 7) is 5.65. The van der Waals surface area contributed by atoms with E-state index in [1.165, 1.54) is 7.11 Å². The average Bonchev–Trinajstić information content (AvgIpc) is 2.21. The van der Waals surface area contributed by atoms with E-state index in [1.54, 1.807) is 12.1 Å². The number of benzene rings is 1. The van der Waals surface area contributed by atoms with Crippen LogP contribution >= 0.6 is 11.6 Å². The molecule has 0 radical (unpaired) electrons. The number of carbonyl (C=O) groups is 1. The number of methoxy groups -OCH3 is 1. The minimum atomic E-state index is -0.447. The topological polar surface area (TPSA) is 35.5 Å². The van der Waals surface area contributed by atoms with Crippen molar-refractivity contribution in [1.82, 2.24) is 0 Å². The summed E-state index contributed by atoms with van der Waals surface area (Å²) in [5, 5.41) is 0.525. The Hall–Kier alpha value is -1.22. The van der Waals surface area contributed by atoms with E-state index in [9.17, 15) is 4.79 Å². The van der Waals surface area contributed by atoms with E-state index in [-0.39, 0.29) is 6.10 Å². The SMILES string of the molecule is COC(=O)c1cc(Cl)c(C)cc1OC(C)C. The summed E-state index contributed by atoms with van der Waals surface area (Å²) in [4.78, 5) is 11.5. The average molecular weight is 243 g/mol. The van der Waals surface area contributed by atoms with Gasteiger partial charge in [0.2, 0.25) is 0 Å². The molecule has 0 aliphatic rings. The van der Waals surface area contributed by atoms with Gasteiger partial charge in [-0.15, -0.1) is 0 Å². The van der Waals surface area contributed by atoms with Gasteiger partial charge in [-0.2, -0.15) is 0 Å². The Kier molecular flexibility index (Phi) is 4.19. The van der Waals surface area contributed by atoms with Crippen LogP contribution in [-0.2, 0) is 4.74 Å². The van der Waals surface area contributed by atoms with Crippen LogP contribution in [-0.4, -0.2) is 19.2 Å². The molecule has 0 spiro atoms. The lowest BCUT2D eigenvalue weighted by Crippen LogP contribution is -2.11. The van der Waals surface area contributed by atoms with Crippen LogP contribution in [0.4, 0.5) is 0 Å². The first-order valence-electron chi connectivity index (χ1n) is 5.00. The summed E-state index contributed by atoms with van der Waals surface area (Å²) in [7, 11) is 1.33. The van der Waals surface area contributed by atoms with E-state index in [0.29, 0.717) is 16.3 Å². The van der Waals surface area contributed by atoms with Crippen molar-refractivity contribution in [1.29, 1.82) is 0 Å². The van der Waals surface area contributed by atoms with Crippen molar-refractivity contribution in [2.75, 3.05) is 7.11 Å². The lowest BCUT2D eigenvalue weighted by molar-refractivity contribution is 0.0594. The first-order chi connectivity index (χ1) is 7.45. The molecule has 4 heteroatoms. The molecule has 0 fully saturated rings. The van der Waals surface area contributed by atoms with Gasteiger partial charge in [-0.25, -0.2) is 4.79 Å². The minimum absolute atomic E-state index is 0.0102. The molecule has 0 saturated carbocycles. The molecule has 0 amide bonds. The predicted octanol–water partition coefficient (Wildman–Crippen LogP) is 3.22. The zero-order chi connectivity index (χ0) is 12.3. The number of carbonyl (C=O) groups excluding carboxylic acids is 1. The summed E-state index contributed by atoms with van der Waals surface area (Å²) in [5.74, 6) is 0.0568. The number of rotatable bonds is 3. The maximum absolute atomic E-state index is 11.5. The quantitative estimate of drug-likeness (QED) is 0.764. The highest BCUT2D eigenvalue weighted by Gasteiger charge is 2.16. The van der Waals surface area contributed by atoms with Crippen LogP contribution in [0.5, 0.6) is 5.75 Å². The van der Waals surface area contributed by atoms with Crippen molar-refractivity contribution >= 4 is 17.6 Å². The molecule has 16 heavy (non-hydrogen) atoms. The van der Waals surface area contributed by atoms with Crippen molar-refractivity contribution in [3.05, 3.63) is 28.3 Å². The van der Waals surface area contributed by atoms with E-state index in [4.69, 9.17) is 16.3 Å². The maximum Gasteiger partial charge on any atom is 0.341 e. The molecule has 1 aromatic carbocycles. The van der Waals surface area contributed by atoms with Crippen molar-refractivity contribution in [2.24, 2.45) is 0 Å². The van der Waals surface area contributed by atoms with Crippen molar-refractivity contribution in [3.8, 4) is 5.75 Å². The highest BCUT2D eigenvalue weighted by Crippen LogP contribution is 2.28. The number of esters is 1. The Morgan fingerprint density at radius 3 is 2.50 bits per heavy atom. The van der Waals surface area contributed by atoms with Gasteiger partial charge >= 0.3 is 5.97 Å². The van der Waals surface area contributed by atoms with Gasteiger partial charge in [-0.3, -0.25) is 0 Å². The summed E-state index contributed by atoms with van der Waals surface area (Å²) < 4.78 is 10.2. The molecular weight excluding hydrogens is 228 g/mol. The summed E-state index contributed by atoms with van der Waals surface area (Å²) in [6, 6.07) is 3.31. The molecular formula is C12H15ClO3. The fourth-order valence-electron chi connectivity index (χ4n) is 1.28. The molecule has 0 unspecified atom stereocenters. The zero-order valence-electron chi connectivity index (χ0n) is 9.83. The van der Waals surface area contributed by atoms with Crippen molar-refractivity contribution in [3.63, 3.8) is 0 Å². The standard InChI is InChI=1S/C12H15ClO3/c1-7(2)16-11-5-8(3)10(13)6-9(11)12(14)15-4/h5-7H,1-4H3. The Labute approximate surface area is 100 Å². The van der Waals surface area contributed by atoms with Gasteiger partial charge in [0.05, 0.1) is 13.2 Å². The lowest BCUT2D eigenvalue weighted by Gasteiger charge is -2.14. The Balaban J connectivity index is 3.21. The van der Waals surface area contributed by atoms with E-state index < -0.39 is 5.97 Å². The molecule has 0 saturated heterocycles. The molecule has 88 valence electrons. The molecule has 1 aromatic rings. The van der Waals surface area contributed by atoms with E-state index >= 15 is 0 Å². The van der Waals surface area contributed by atoms with E-state index in [2.05, 4.69) is 4.74 Å². The summed E-state index contributed by atoms with van der Waals surface area (Å²) >= 11 is 5.96. The monoisotopic (exact) mass is 242 g/mol. The molecule has 3 nitrogen and oxygen atoms in total. The predicted molar refractivity (Wildman–Crippen MR) is 63.3 cm³/mol. The number of halogens is 1. The number of ether oxygens (including phenoxy) is 2. The van der Waals surface area contributed by atoms with E-state index in [0.717, 1.165) is 5.56 Å². The highest BCUT2D eigenvalue weighted by molar-refractivity contribution is 6.31. The molecule has 0 bridgehead atoms. The van der Waals surface area contributed by atoms with Gasteiger partial charge in [0.1, 0.15) is 11.3 Å². The van der Waals surface area contributed by atoms with E-state index in [1.807, 2.05) is 20.8 Å². The van der Waals surface area contributed by atoms with Gasteiger partial charge < -0.3 is 9.47 Å². The van der Waals surface area contributed by atoms with Crippen LogP contribution < -0.4 is 4.74 Å². The van der Waals surface area contributed by atoms with Crippen LogP contribution in [0.1, 0.15) is 29.8 Å². The third-order valence-electron chi connectivity index (χ3n) is 2.03. The first-order valence-corrected chi connectivity index (χ1v) is 5.38. The normalized spacial score (nSPS) is 10.4. The second-order valence-corrected chi connectivity index (χ2v) is 4.16. The second-order valence-electron chi connectivity index (χ2n) is 3.76. The number of hydrogen-bond donors (Lipinski definition) is 0. The maximum atomic E-state index is 11.5. The molecule has 0 heterocycles. The minimum Gasteiger partial charge on any atom is -0.490 e. The van der Waals surface area contributed by atoms with Crippen LogP contribution in [0.25, 0.3) is 0 Å². The van der Waals surface area contributed by atoms with Gasteiger partial charge in [-0.05, 0) is 38.5 Å². The lowest BCUT2D eigenvalue weighted by atomic mass is 10.1. The molecule has 0 aliphatic heterocycles. The van der Waals surface area contributed by atoms with Crippen LogP contribution in [0.2, 0.25) is 5.02 Å². The third-order valence-corrected chi connectivity index (χ3v) is 2.44. The van der Waals surface area contributed by atoms with Gasteiger partial charge in [0, 0.05) is 5.02 Å². The van der Waals surface area contributed by atoms with Crippen molar-refractivity contribution in [2.45, 2.75) is 26.9 Å². The molecule has 0 atom stereocenters. The summed E-state index contributed by atoms with van der Waals surface area (Å²) in [6.07, 6.45) is -0.0102. The first kappa shape index (κ1) is 12.8. The number of aryl methyl sites for hydroxylation is 1. The molecule has 1 rings (SSSR count). The highest BCUT2D eigenvalue weighted by atomic mass is 35.5. The second kappa shape index (κ2) is 5.21. The zero-order valence-corrected chi connectivity index (χ0v) is 10.6. The fourth-order valence-corrected chi connectivity index (χ4v) is 1.44. The molecule has 0 aromatic heterocycles. The Morgan fingerprint density at radius 2 is 2.00 bits per heavy atom.